The molecule has 3 N–H and O–H groups in total. The number of nitrogens with one attached hydrogen (secondary N) is 1. The van der Waals surface area contributed by atoms with E-state index in [9.17, 15) is 14.3 Å². The van der Waals surface area contributed by atoms with Gasteiger partial charge in [0.1, 0.15) is 0 Å². The lowest BCUT2D eigenvalue weighted by Gasteiger charge is -2.23. The van der Waals surface area contributed by atoms with Crippen LogP contribution in [0.3, 0.4) is 0 Å². The summed E-state index contributed by atoms with van der Waals surface area (Å²) in [7, 11) is -0.708. The van der Waals surface area contributed by atoms with Crippen LogP contribution in [0, 0.1) is 10.1 Å². The smallest absolute Gasteiger partial charge is 0.273 e. The molecular formula is C11H15N3O3S. The van der Waals surface area contributed by atoms with E-state index >= 15 is 0 Å². The summed E-state index contributed by atoms with van der Waals surface area (Å²) in [4.78, 5) is 10.3. The highest BCUT2D eigenvalue weighted by Crippen LogP contribution is 2.24. The highest BCUT2D eigenvalue weighted by Gasteiger charge is 2.18. The molecule has 0 unspecified atom stereocenters. The zero-order valence-corrected chi connectivity index (χ0v) is 10.6. The molecule has 0 aromatic heterocycles. The number of hydrogen-bond donors (Lipinski definition) is 2. The van der Waals surface area contributed by atoms with Gasteiger partial charge in [-0.2, -0.15) is 0 Å². The number of nitrogen functional groups attached to an aromatic ring is 1. The molecule has 18 heavy (non-hydrogen) atoms. The molecule has 6 nitrogen and oxygen atoms in total. The van der Waals surface area contributed by atoms with E-state index in [1.165, 1.54) is 12.1 Å². The molecular weight excluding hydrogens is 254 g/mol. The molecule has 7 heteroatoms. The molecule has 1 saturated heterocycles. The zero-order chi connectivity index (χ0) is 13.1. The Kier molecular flexibility index (Phi) is 3.81. The molecule has 0 spiro atoms. The van der Waals surface area contributed by atoms with Crippen molar-refractivity contribution >= 4 is 27.9 Å². The Labute approximate surface area is 107 Å². The van der Waals surface area contributed by atoms with E-state index in [0.717, 1.165) is 12.8 Å². The molecule has 1 fully saturated rings. The summed E-state index contributed by atoms with van der Waals surface area (Å²) in [5, 5.41) is 13.9. The second-order valence-electron chi connectivity index (χ2n) is 4.34. The molecule has 1 heterocycles. The van der Waals surface area contributed by atoms with Gasteiger partial charge in [0.2, 0.25) is 0 Å². The predicted octanol–water partition coefficient (Wildman–Crippen LogP) is 1.50. The first-order chi connectivity index (χ1) is 8.54. The van der Waals surface area contributed by atoms with Crippen LogP contribution in [0.25, 0.3) is 0 Å². The molecule has 98 valence electrons. The molecule has 0 amide bonds. The highest BCUT2D eigenvalue weighted by molar-refractivity contribution is 7.85. The standard InChI is InChI=1S/C11H15N3O3S/c12-8-5-10(7-11(6-8)14(15)16)13-9-1-3-18(17)4-2-9/h5-7,9,13H,1-4,12H2. The highest BCUT2D eigenvalue weighted by atomic mass is 32.2. The van der Waals surface area contributed by atoms with E-state index in [-0.39, 0.29) is 11.7 Å². The van der Waals surface area contributed by atoms with Gasteiger partial charge in [0, 0.05) is 51.9 Å². The summed E-state index contributed by atoms with van der Waals surface area (Å²) in [6.45, 7) is 0. The number of rotatable bonds is 3. The van der Waals surface area contributed by atoms with Gasteiger partial charge in [-0.05, 0) is 18.9 Å². The monoisotopic (exact) mass is 269 g/mol. The van der Waals surface area contributed by atoms with E-state index < -0.39 is 15.7 Å². The van der Waals surface area contributed by atoms with Crippen molar-refractivity contribution in [2.24, 2.45) is 0 Å². The third-order valence-corrected chi connectivity index (χ3v) is 4.29. The Morgan fingerprint density at radius 1 is 1.33 bits per heavy atom. The Morgan fingerprint density at radius 2 is 2.00 bits per heavy atom. The lowest BCUT2D eigenvalue weighted by Crippen LogP contribution is -2.29. The van der Waals surface area contributed by atoms with Crippen molar-refractivity contribution in [2.75, 3.05) is 22.6 Å². The van der Waals surface area contributed by atoms with E-state index in [1.54, 1.807) is 6.07 Å². The number of nitrogens with zero attached hydrogens (tertiary/aromatic N) is 1. The largest absolute Gasteiger partial charge is 0.398 e. The lowest BCUT2D eigenvalue weighted by molar-refractivity contribution is -0.384. The van der Waals surface area contributed by atoms with Crippen LogP contribution < -0.4 is 11.1 Å². The average molecular weight is 269 g/mol. The molecule has 1 aliphatic heterocycles. The summed E-state index contributed by atoms with van der Waals surface area (Å²) < 4.78 is 11.2. The van der Waals surface area contributed by atoms with Crippen LogP contribution in [0.5, 0.6) is 0 Å². The first kappa shape index (κ1) is 12.8. The molecule has 0 saturated carbocycles. The van der Waals surface area contributed by atoms with Crippen molar-refractivity contribution in [2.45, 2.75) is 18.9 Å². The quantitative estimate of drug-likeness (QED) is 0.492. The molecule has 0 aliphatic carbocycles. The number of anilines is 2. The van der Waals surface area contributed by atoms with Gasteiger partial charge < -0.3 is 11.1 Å². The minimum atomic E-state index is -0.708. The van der Waals surface area contributed by atoms with Gasteiger partial charge in [-0.15, -0.1) is 0 Å². The number of benzene rings is 1. The normalized spacial score (nSPS) is 23.6. The van der Waals surface area contributed by atoms with Gasteiger partial charge in [0.25, 0.3) is 5.69 Å². The second kappa shape index (κ2) is 5.34. The lowest BCUT2D eigenvalue weighted by atomic mass is 10.1. The minimum absolute atomic E-state index is 0.0168. The second-order valence-corrected chi connectivity index (χ2v) is 6.03. The minimum Gasteiger partial charge on any atom is -0.398 e. The van der Waals surface area contributed by atoms with Crippen LogP contribution in [0.1, 0.15) is 12.8 Å². The Balaban J connectivity index is 2.09. The van der Waals surface area contributed by atoms with Crippen molar-refractivity contribution in [3.8, 4) is 0 Å². The predicted molar refractivity (Wildman–Crippen MR) is 72.0 cm³/mol. The maximum absolute atomic E-state index is 11.2. The van der Waals surface area contributed by atoms with Crippen molar-refractivity contribution in [1.82, 2.24) is 0 Å². The first-order valence-electron chi connectivity index (χ1n) is 5.71. The zero-order valence-electron chi connectivity index (χ0n) is 9.80. The molecule has 1 aromatic rings. The van der Waals surface area contributed by atoms with Crippen molar-refractivity contribution < 1.29 is 9.13 Å². The van der Waals surface area contributed by atoms with Crippen molar-refractivity contribution in [1.29, 1.82) is 0 Å². The van der Waals surface area contributed by atoms with E-state index in [4.69, 9.17) is 5.73 Å². The molecule has 1 aliphatic rings. The van der Waals surface area contributed by atoms with Gasteiger partial charge in [0.05, 0.1) is 4.92 Å². The summed E-state index contributed by atoms with van der Waals surface area (Å²) >= 11 is 0. The van der Waals surface area contributed by atoms with Crippen LogP contribution in [0.4, 0.5) is 17.1 Å². The van der Waals surface area contributed by atoms with Crippen LogP contribution >= 0.6 is 0 Å². The molecule has 0 bridgehead atoms. The Morgan fingerprint density at radius 3 is 2.61 bits per heavy atom. The summed E-state index contributed by atoms with van der Waals surface area (Å²) in [5.74, 6) is 1.37. The van der Waals surface area contributed by atoms with Crippen molar-refractivity contribution in [3.05, 3.63) is 28.3 Å². The van der Waals surface area contributed by atoms with Gasteiger partial charge >= 0.3 is 0 Å². The third-order valence-electron chi connectivity index (χ3n) is 2.91. The summed E-state index contributed by atoms with van der Waals surface area (Å²) in [5.41, 5.74) is 6.63. The third kappa shape index (κ3) is 3.19. The molecule has 0 atom stereocenters. The topological polar surface area (TPSA) is 98.3 Å². The fourth-order valence-corrected chi connectivity index (χ4v) is 3.30. The molecule has 2 rings (SSSR count). The molecule has 1 aromatic carbocycles. The fraction of sp³-hybridized carbons (Fsp3) is 0.455. The average Bonchev–Trinajstić information content (AvgIpc) is 2.31. The maximum Gasteiger partial charge on any atom is 0.273 e. The SMILES string of the molecule is Nc1cc(NC2CCS(=O)CC2)cc([N+](=O)[O-])c1. The number of non-ortho nitro benzene ring substituents is 1. The number of nitrogens with two attached hydrogens (primary N) is 1. The van der Waals surface area contributed by atoms with Crippen LogP contribution in [-0.2, 0) is 10.8 Å². The van der Waals surface area contributed by atoms with E-state index in [0.29, 0.717) is 22.9 Å². The van der Waals surface area contributed by atoms with Crippen molar-refractivity contribution in [3.63, 3.8) is 0 Å². The maximum atomic E-state index is 11.2. The van der Waals surface area contributed by atoms with Gasteiger partial charge in [-0.1, -0.05) is 0 Å². The molecule has 0 radical (unpaired) electrons. The number of nitro groups is 1. The van der Waals surface area contributed by atoms with Crippen LogP contribution in [-0.4, -0.2) is 26.7 Å². The number of nitro benzene ring substituents is 1. The first-order valence-corrected chi connectivity index (χ1v) is 7.20. The fourth-order valence-electron chi connectivity index (χ4n) is 2.00. The van der Waals surface area contributed by atoms with E-state index in [2.05, 4.69) is 5.32 Å². The Bertz CT molecular complexity index is 482. The van der Waals surface area contributed by atoms with E-state index in [1.807, 2.05) is 0 Å². The summed E-state index contributed by atoms with van der Waals surface area (Å²) in [6, 6.07) is 4.70. The number of hydrogen-bond acceptors (Lipinski definition) is 5. The van der Waals surface area contributed by atoms with Gasteiger partial charge in [-0.3, -0.25) is 14.3 Å². The van der Waals surface area contributed by atoms with Crippen LogP contribution in [0.2, 0.25) is 0 Å². The van der Waals surface area contributed by atoms with Gasteiger partial charge in [-0.25, -0.2) is 0 Å². The summed E-state index contributed by atoms with van der Waals surface area (Å²) in [6.07, 6.45) is 1.63. The Hall–Kier alpha value is -1.63. The van der Waals surface area contributed by atoms with Gasteiger partial charge in [0.15, 0.2) is 0 Å². The van der Waals surface area contributed by atoms with Crippen LogP contribution in [0.15, 0.2) is 18.2 Å².